The molecule has 0 radical (unpaired) electrons. The first-order valence-corrected chi connectivity index (χ1v) is 8.74. The third-order valence-corrected chi connectivity index (χ3v) is 5.31. The summed E-state index contributed by atoms with van der Waals surface area (Å²) in [5.41, 5.74) is 3.11. The topological polar surface area (TPSA) is 23.6 Å². The molecule has 0 saturated carbocycles. The molecular formula is C19H19BrN2O. The fraction of sp³-hybridized carbons (Fsp3) is 0.316. The van der Waals surface area contributed by atoms with E-state index >= 15 is 0 Å². The van der Waals surface area contributed by atoms with Gasteiger partial charge in [0.25, 0.3) is 0 Å². The second-order valence-electron chi connectivity index (χ2n) is 7.02. The van der Waals surface area contributed by atoms with Crippen molar-refractivity contribution >= 4 is 33.2 Å². The van der Waals surface area contributed by atoms with Gasteiger partial charge in [0.15, 0.2) is 0 Å². The van der Waals surface area contributed by atoms with Crippen LogP contribution in [0.2, 0.25) is 0 Å². The van der Waals surface area contributed by atoms with Crippen LogP contribution < -0.4 is 5.01 Å². The Kier molecular flexibility index (Phi) is 3.27. The third-order valence-electron chi connectivity index (χ3n) is 4.82. The van der Waals surface area contributed by atoms with Crippen LogP contribution in [0.4, 0.5) is 11.4 Å². The number of hydrogen-bond donors (Lipinski definition) is 0. The fourth-order valence-electron chi connectivity index (χ4n) is 3.78. The minimum Gasteiger partial charge on any atom is -0.272 e. The summed E-state index contributed by atoms with van der Waals surface area (Å²) >= 11 is 3.57. The molecule has 2 aliphatic heterocycles. The van der Waals surface area contributed by atoms with Gasteiger partial charge in [0, 0.05) is 9.89 Å². The number of para-hydroxylation sites is 1. The van der Waals surface area contributed by atoms with Crippen molar-refractivity contribution in [3.8, 4) is 0 Å². The monoisotopic (exact) mass is 370 g/mol. The molecule has 118 valence electrons. The van der Waals surface area contributed by atoms with E-state index in [2.05, 4.69) is 59.1 Å². The van der Waals surface area contributed by atoms with E-state index in [4.69, 9.17) is 0 Å². The molecule has 4 heteroatoms. The van der Waals surface area contributed by atoms with Crippen LogP contribution >= 0.6 is 15.9 Å². The second kappa shape index (κ2) is 5.10. The van der Waals surface area contributed by atoms with E-state index in [0.717, 1.165) is 28.7 Å². The largest absolute Gasteiger partial charge is 0.272 e. The summed E-state index contributed by atoms with van der Waals surface area (Å²) in [6, 6.07) is 16.7. The lowest BCUT2D eigenvalue weighted by Crippen LogP contribution is -2.50. The van der Waals surface area contributed by atoms with Crippen molar-refractivity contribution in [3.63, 3.8) is 0 Å². The average molecular weight is 371 g/mol. The molecule has 1 unspecified atom stereocenters. The predicted molar refractivity (Wildman–Crippen MR) is 95.5 cm³/mol. The van der Waals surface area contributed by atoms with Gasteiger partial charge in [0.1, 0.15) is 0 Å². The van der Waals surface area contributed by atoms with E-state index in [1.165, 1.54) is 5.56 Å². The van der Waals surface area contributed by atoms with E-state index in [-0.39, 0.29) is 17.4 Å². The molecule has 2 aliphatic rings. The Balaban J connectivity index is 1.90. The minimum atomic E-state index is -0.309. The van der Waals surface area contributed by atoms with E-state index in [9.17, 15) is 4.79 Å². The zero-order valence-corrected chi connectivity index (χ0v) is 14.9. The highest BCUT2D eigenvalue weighted by Gasteiger charge is 2.50. The van der Waals surface area contributed by atoms with E-state index in [1.54, 1.807) is 0 Å². The number of halogens is 1. The summed E-state index contributed by atoms with van der Waals surface area (Å²) in [6.07, 6.45) is 1.80. The molecule has 4 rings (SSSR count). The van der Waals surface area contributed by atoms with Crippen LogP contribution in [0.15, 0.2) is 53.0 Å². The number of nitrogens with zero attached hydrogens (tertiary/aromatic N) is 2. The maximum Gasteiger partial charge on any atom is 0.247 e. The van der Waals surface area contributed by atoms with E-state index in [1.807, 2.05) is 29.3 Å². The number of carbonyl (C=O) groups excluding carboxylic acids is 1. The smallest absolute Gasteiger partial charge is 0.247 e. The van der Waals surface area contributed by atoms with Crippen molar-refractivity contribution in [2.75, 3.05) is 5.01 Å². The molecular weight excluding hydrogens is 352 g/mol. The highest BCUT2D eigenvalue weighted by Crippen LogP contribution is 2.46. The Morgan fingerprint density at radius 3 is 2.61 bits per heavy atom. The number of amides is 1. The van der Waals surface area contributed by atoms with Gasteiger partial charge in [0.05, 0.1) is 17.4 Å². The molecule has 0 aromatic heterocycles. The zero-order valence-electron chi connectivity index (χ0n) is 13.3. The number of anilines is 2. The van der Waals surface area contributed by atoms with E-state index in [0.29, 0.717) is 0 Å². The third kappa shape index (κ3) is 2.27. The first kappa shape index (κ1) is 14.8. The first-order valence-electron chi connectivity index (χ1n) is 7.94. The molecule has 0 spiro atoms. The number of hydrogen-bond acceptors (Lipinski definition) is 2. The normalized spacial score (nSPS) is 22.0. The van der Waals surface area contributed by atoms with Gasteiger partial charge in [0.2, 0.25) is 5.91 Å². The van der Waals surface area contributed by atoms with Crippen molar-refractivity contribution < 1.29 is 4.79 Å². The second-order valence-corrected chi connectivity index (χ2v) is 7.93. The van der Waals surface area contributed by atoms with Gasteiger partial charge >= 0.3 is 0 Å². The summed E-state index contributed by atoms with van der Waals surface area (Å²) < 4.78 is 1.08. The number of benzene rings is 2. The Hall–Kier alpha value is -1.81. The molecule has 2 aromatic rings. The maximum atomic E-state index is 13.0. The summed E-state index contributed by atoms with van der Waals surface area (Å²) in [5.74, 6) is 0.208. The number of carbonyl (C=O) groups is 1. The van der Waals surface area contributed by atoms with Crippen LogP contribution in [0.3, 0.4) is 0 Å². The van der Waals surface area contributed by atoms with Crippen molar-refractivity contribution in [2.45, 2.75) is 32.7 Å². The van der Waals surface area contributed by atoms with Crippen molar-refractivity contribution in [1.29, 1.82) is 0 Å². The summed E-state index contributed by atoms with van der Waals surface area (Å²) in [4.78, 5) is 13.0. The van der Waals surface area contributed by atoms with Crippen molar-refractivity contribution in [2.24, 2.45) is 5.41 Å². The van der Waals surface area contributed by atoms with Crippen LogP contribution in [0.5, 0.6) is 0 Å². The van der Waals surface area contributed by atoms with Crippen LogP contribution in [0, 0.1) is 5.41 Å². The lowest BCUT2D eigenvalue weighted by molar-refractivity contribution is -0.135. The first-order chi connectivity index (χ1) is 11.0. The lowest BCUT2D eigenvalue weighted by atomic mass is 9.88. The van der Waals surface area contributed by atoms with Crippen molar-refractivity contribution in [1.82, 2.24) is 5.01 Å². The highest BCUT2D eigenvalue weighted by molar-refractivity contribution is 9.10. The molecule has 1 amide bonds. The summed E-state index contributed by atoms with van der Waals surface area (Å²) in [5, 5.41) is 4.08. The highest BCUT2D eigenvalue weighted by atomic mass is 79.9. The van der Waals surface area contributed by atoms with Gasteiger partial charge in [-0.3, -0.25) is 9.80 Å². The zero-order chi connectivity index (χ0) is 16.2. The minimum absolute atomic E-state index is 0.208. The SMILES string of the molecule is CC1(C)CC2Cc3cc(Br)ccc3N(c3ccccc3)N2C1=O. The maximum absolute atomic E-state index is 13.0. The quantitative estimate of drug-likeness (QED) is 0.726. The van der Waals surface area contributed by atoms with Gasteiger partial charge in [-0.05, 0) is 48.7 Å². The Morgan fingerprint density at radius 2 is 1.87 bits per heavy atom. The standard InChI is InChI=1S/C19H19BrN2O/c1-19(2)12-16-11-13-10-14(20)8-9-17(13)21(22(16)18(19)23)15-6-4-3-5-7-15/h3-10,16H,11-12H2,1-2H3. The Bertz CT molecular complexity index is 772. The number of rotatable bonds is 1. The fourth-order valence-corrected chi connectivity index (χ4v) is 4.19. The molecule has 3 nitrogen and oxygen atoms in total. The average Bonchev–Trinajstić information content (AvgIpc) is 2.75. The summed E-state index contributed by atoms with van der Waals surface area (Å²) in [7, 11) is 0. The molecule has 23 heavy (non-hydrogen) atoms. The van der Waals surface area contributed by atoms with Gasteiger partial charge in [-0.2, -0.15) is 0 Å². The van der Waals surface area contributed by atoms with Gasteiger partial charge < -0.3 is 0 Å². The number of hydrazine groups is 1. The van der Waals surface area contributed by atoms with Crippen LogP contribution in [0.1, 0.15) is 25.8 Å². The molecule has 1 atom stereocenters. The molecule has 2 aromatic carbocycles. The van der Waals surface area contributed by atoms with Crippen LogP contribution in [0.25, 0.3) is 0 Å². The molecule has 1 saturated heterocycles. The lowest BCUT2D eigenvalue weighted by Gasteiger charge is -2.43. The van der Waals surface area contributed by atoms with Crippen LogP contribution in [-0.2, 0) is 11.2 Å². The summed E-state index contributed by atoms with van der Waals surface area (Å²) in [6.45, 7) is 4.11. The molecule has 0 bridgehead atoms. The predicted octanol–water partition coefficient (Wildman–Crippen LogP) is 4.69. The van der Waals surface area contributed by atoms with Gasteiger partial charge in [-0.25, -0.2) is 5.01 Å². The van der Waals surface area contributed by atoms with Crippen molar-refractivity contribution in [3.05, 3.63) is 58.6 Å². The van der Waals surface area contributed by atoms with Gasteiger partial charge in [-0.15, -0.1) is 0 Å². The molecule has 0 aliphatic carbocycles. The number of fused-ring (bicyclic) bond motifs is 2. The molecule has 2 heterocycles. The molecule has 1 fully saturated rings. The van der Waals surface area contributed by atoms with Crippen LogP contribution in [-0.4, -0.2) is 17.0 Å². The Morgan fingerprint density at radius 1 is 1.13 bits per heavy atom. The molecule has 0 N–H and O–H groups in total. The van der Waals surface area contributed by atoms with E-state index < -0.39 is 0 Å². The Labute approximate surface area is 145 Å². The van der Waals surface area contributed by atoms with Gasteiger partial charge in [-0.1, -0.05) is 48.0 Å².